The molecule has 0 fully saturated rings. The van der Waals surface area contributed by atoms with Gasteiger partial charge in [-0.1, -0.05) is 21.6 Å². The molecular weight excluding hydrogens is 736 g/mol. The first-order valence-electron chi connectivity index (χ1n) is 15.8. The SMILES string of the molecule is NCCCC(=O)NC(CCC(=O)NC(CSSCC(NC(=O)CCC(NC(=O)CCCN)C(=O)O)C(=O)NCC(=O)O)C(=O)NCC(=O)O)C(=O)O. The van der Waals surface area contributed by atoms with E-state index in [2.05, 4.69) is 31.9 Å². The van der Waals surface area contributed by atoms with E-state index in [1.807, 2.05) is 0 Å². The molecule has 0 aliphatic carbocycles. The van der Waals surface area contributed by atoms with Crippen molar-refractivity contribution in [1.29, 1.82) is 0 Å². The summed E-state index contributed by atoms with van der Waals surface area (Å²) < 4.78 is 0. The topological polar surface area (TPSA) is 376 Å². The maximum absolute atomic E-state index is 12.7. The van der Waals surface area contributed by atoms with E-state index < -0.39 is 109 Å². The summed E-state index contributed by atoms with van der Waals surface area (Å²) in [4.78, 5) is 120. The number of nitrogens with one attached hydrogen (secondary N) is 6. The van der Waals surface area contributed by atoms with Crippen LogP contribution in [0.5, 0.6) is 0 Å². The largest absolute Gasteiger partial charge is 0.480 e. The lowest BCUT2D eigenvalue weighted by Crippen LogP contribution is -2.50. The van der Waals surface area contributed by atoms with Crippen molar-refractivity contribution in [3.8, 4) is 0 Å². The lowest BCUT2D eigenvalue weighted by molar-refractivity contribution is -0.142. The van der Waals surface area contributed by atoms with E-state index in [9.17, 15) is 58.2 Å². The monoisotopic (exact) mass is 782 g/mol. The van der Waals surface area contributed by atoms with Gasteiger partial charge in [0.25, 0.3) is 0 Å². The van der Waals surface area contributed by atoms with E-state index in [-0.39, 0.29) is 50.3 Å². The fourth-order valence-electron chi connectivity index (χ4n) is 3.83. The molecule has 52 heavy (non-hydrogen) atoms. The molecule has 0 bridgehead atoms. The second-order valence-corrected chi connectivity index (χ2v) is 13.4. The molecule has 6 amide bonds. The molecule has 0 heterocycles. The first-order valence-corrected chi connectivity index (χ1v) is 18.3. The number of nitrogens with two attached hydrogens (primary N) is 2. The number of amides is 6. The lowest BCUT2D eigenvalue weighted by atomic mass is 10.1. The van der Waals surface area contributed by atoms with Gasteiger partial charge >= 0.3 is 23.9 Å². The van der Waals surface area contributed by atoms with Crippen molar-refractivity contribution < 1.29 is 68.4 Å². The highest BCUT2D eigenvalue weighted by Gasteiger charge is 2.27. The Morgan fingerprint density at radius 3 is 1.08 bits per heavy atom. The number of carbonyl (C=O) groups excluding carboxylic acids is 6. The van der Waals surface area contributed by atoms with Crippen molar-refractivity contribution in [2.24, 2.45) is 11.5 Å². The molecule has 0 aromatic rings. The van der Waals surface area contributed by atoms with Gasteiger partial charge in [0.2, 0.25) is 35.4 Å². The Morgan fingerprint density at radius 2 is 0.788 bits per heavy atom. The molecule has 0 aromatic heterocycles. The molecule has 0 rings (SSSR count). The van der Waals surface area contributed by atoms with E-state index in [0.717, 1.165) is 21.6 Å². The fraction of sp³-hybridized carbons (Fsp3) is 0.643. The Labute approximate surface area is 305 Å². The summed E-state index contributed by atoms with van der Waals surface area (Å²) in [6, 6.07) is -5.58. The van der Waals surface area contributed by atoms with Crippen LogP contribution in [-0.2, 0) is 47.9 Å². The van der Waals surface area contributed by atoms with Crippen LogP contribution in [0.3, 0.4) is 0 Å². The molecule has 0 saturated heterocycles. The molecule has 22 nitrogen and oxygen atoms in total. The van der Waals surface area contributed by atoms with Crippen molar-refractivity contribution in [2.45, 2.75) is 75.5 Å². The first kappa shape index (κ1) is 47.3. The van der Waals surface area contributed by atoms with Crippen LogP contribution in [0.2, 0.25) is 0 Å². The third kappa shape index (κ3) is 22.9. The summed E-state index contributed by atoms with van der Waals surface area (Å²) in [5.41, 5.74) is 10.7. The van der Waals surface area contributed by atoms with Gasteiger partial charge in [0, 0.05) is 37.2 Å². The zero-order valence-corrected chi connectivity index (χ0v) is 29.7. The first-order chi connectivity index (χ1) is 24.5. The quantitative estimate of drug-likeness (QED) is 0.0253. The van der Waals surface area contributed by atoms with E-state index in [1.165, 1.54) is 0 Å². The maximum atomic E-state index is 12.7. The molecule has 24 heteroatoms. The average molecular weight is 783 g/mol. The van der Waals surface area contributed by atoms with Crippen LogP contribution in [-0.4, -0.2) is 142 Å². The van der Waals surface area contributed by atoms with Gasteiger partial charge in [0.05, 0.1) is 0 Å². The highest BCUT2D eigenvalue weighted by molar-refractivity contribution is 8.76. The zero-order valence-electron chi connectivity index (χ0n) is 28.1. The molecule has 14 N–H and O–H groups in total. The van der Waals surface area contributed by atoms with Crippen LogP contribution in [0.4, 0.5) is 0 Å². The van der Waals surface area contributed by atoms with Crippen LogP contribution in [0, 0.1) is 0 Å². The van der Waals surface area contributed by atoms with Crippen LogP contribution in [0.25, 0.3) is 0 Å². The molecule has 294 valence electrons. The van der Waals surface area contributed by atoms with Gasteiger partial charge in [0.15, 0.2) is 0 Å². The van der Waals surface area contributed by atoms with Crippen LogP contribution >= 0.6 is 21.6 Å². The summed E-state index contributed by atoms with van der Waals surface area (Å²) in [6.07, 6.45) is -1.03. The standard InChI is InChI=1S/C28H46N8O14S2/c29-9-1-3-19(37)33-15(27(47)48)5-7-21(39)35-17(25(45)31-11-23(41)42)13-51-52-14-18(26(46)32-12-24(43)44)36-22(40)8-6-16(28(49)50)34-20(38)4-2-10-30/h15-18H,1-14,29-30H2,(H,31,45)(H,32,46)(H,33,37)(H,34,38)(H,35,39)(H,36,40)(H,41,42)(H,43,44)(H,47,48)(H,49,50). The summed E-state index contributed by atoms with van der Waals surface area (Å²) in [5, 5.41) is 50.1. The lowest BCUT2D eigenvalue weighted by Gasteiger charge is -2.20. The molecule has 0 aliphatic heterocycles. The van der Waals surface area contributed by atoms with Crippen molar-refractivity contribution in [1.82, 2.24) is 31.9 Å². The number of rotatable bonds is 29. The van der Waals surface area contributed by atoms with Crippen molar-refractivity contribution >= 4 is 80.9 Å². The van der Waals surface area contributed by atoms with Gasteiger partial charge in [-0.2, -0.15) is 0 Å². The minimum Gasteiger partial charge on any atom is -0.480 e. The Morgan fingerprint density at radius 1 is 0.481 bits per heavy atom. The maximum Gasteiger partial charge on any atom is 0.326 e. The summed E-state index contributed by atoms with van der Waals surface area (Å²) >= 11 is 0. The van der Waals surface area contributed by atoms with E-state index in [1.54, 1.807) is 0 Å². The normalized spacial score (nSPS) is 12.9. The molecule has 0 radical (unpaired) electrons. The minimum absolute atomic E-state index is 0.0280. The van der Waals surface area contributed by atoms with Gasteiger partial charge in [-0.3, -0.25) is 38.4 Å². The molecule has 4 atom stereocenters. The van der Waals surface area contributed by atoms with Crippen molar-refractivity contribution in [3.63, 3.8) is 0 Å². The highest BCUT2D eigenvalue weighted by atomic mass is 33.1. The number of aliphatic carboxylic acids is 4. The Bertz CT molecular complexity index is 1180. The molecule has 0 spiro atoms. The van der Waals surface area contributed by atoms with Gasteiger partial charge in [0.1, 0.15) is 37.3 Å². The number of carboxylic acids is 4. The number of hydrogen-bond acceptors (Lipinski definition) is 14. The predicted octanol–water partition coefficient (Wildman–Crippen LogP) is -4.08. The summed E-state index contributed by atoms with van der Waals surface area (Å²) in [7, 11) is 1.79. The van der Waals surface area contributed by atoms with E-state index in [4.69, 9.17) is 21.7 Å². The molecule has 0 aromatic carbocycles. The van der Waals surface area contributed by atoms with Gasteiger partial charge in [-0.05, 0) is 38.8 Å². The molecular formula is C28H46N8O14S2. The molecule has 4 unspecified atom stereocenters. The third-order valence-electron chi connectivity index (χ3n) is 6.49. The minimum atomic E-state index is -1.42. The second-order valence-electron chi connectivity index (χ2n) is 10.8. The van der Waals surface area contributed by atoms with Gasteiger partial charge in [-0.25, -0.2) is 9.59 Å². The van der Waals surface area contributed by atoms with E-state index >= 15 is 0 Å². The Balaban J connectivity index is 5.48. The van der Waals surface area contributed by atoms with Crippen LogP contribution in [0.15, 0.2) is 0 Å². The molecule has 0 saturated carbocycles. The van der Waals surface area contributed by atoms with Crippen molar-refractivity contribution in [2.75, 3.05) is 37.7 Å². The number of carbonyl (C=O) groups is 10. The van der Waals surface area contributed by atoms with Crippen molar-refractivity contribution in [3.05, 3.63) is 0 Å². The fourth-order valence-corrected chi connectivity index (χ4v) is 6.15. The Hall–Kier alpha value is -4.68. The second kappa shape index (κ2) is 27.0. The predicted molar refractivity (Wildman–Crippen MR) is 184 cm³/mol. The number of carboxylic acid groups (broad SMARTS) is 4. The summed E-state index contributed by atoms with van der Waals surface area (Å²) in [5.74, 6) is -10.7. The van der Waals surface area contributed by atoms with Crippen LogP contribution in [0.1, 0.15) is 51.4 Å². The van der Waals surface area contributed by atoms with E-state index in [0.29, 0.717) is 12.8 Å². The third-order valence-corrected chi connectivity index (χ3v) is 8.91. The highest BCUT2D eigenvalue weighted by Crippen LogP contribution is 2.23. The smallest absolute Gasteiger partial charge is 0.326 e. The van der Waals surface area contributed by atoms with Gasteiger partial charge < -0.3 is 63.8 Å². The average Bonchev–Trinajstić information content (AvgIpc) is 3.07. The molecule has 0 aliphatic rings. The van der Waals surface area contributed by atoms with Gasteiger partial charge in [-0.15, -0.1) is 0 Å². The summed E-state index contributed by atoms with van der Waals surface area (Å²) in [6.45, 7) is -1.18. The number of hydrogen-bond donors (Lipinski definition) is 12. The Kier molecular flexibility index (Phi) is 24.6. The van der Waals surface area contributed by atoms with Crippen LogP contribution < -0.4 is 43.4 Å². The zero-order chi connectivity index (χ0) is 39.6.